The van der Waals surface area contributed by atoms with Gasteiger partial charge in [0.05, 0.1) is 17.8 Å². The Hall–Kier alpha value is -2.33. The van der Waals surface area contributed by atoms with E-state index < -0.39 is 0 Å². The van der Waals surface area contributed by atoms with Crippen LogP contribution in [0.4, 0.5) is 5.69 Å². The minimum atomic E-state index is -0.263. The number of rotatable bonds is 4. The third-order valence-corrected chi connectivity index (χ3v) is 2.86. The number of nitrogens with zero attached hydrogens (tertiary/aromatic N) is 1. The third-order valence-electron chi connectivity index (χ3n) is 2.55. The summed E-state index contributed by atoms with van der Waals surface area (Å²) in [4.78, 5) is 15.7. The Labute approximate surface area is 122 Å². The fraction of sp³-hybridized carbons (Fsp3) is 0.0667. The lowest BCUT2D eigenvalue weighted by Gasteiger charge is -2.06. The number of aromatic nitrogens is 1. The van der Waals surface area contributed by atoms with Crippen LogP contribution in [0.1, 0.15) is 5.56 Å². The fourth-order valence-electron chi connectivity index (χ4n) is 1.55. The lowest BCUT2D eigenvalue weighted by atomic mass is 10.2. The molecule has 1 amide bonds. The molecule has 1 heterocycles. The van der Waals surface area contributed by atoms with Crippen LogP contribution in [0.5, 0.6) is 5.75 Å². The number of benzene rings is 1. The zero-order valence-electron chi connectivity index (χ0n) is 10.8. The van der Waals surface area contributed by atoms with Crippen LogP contribution < -0.4 is 10.1 Å². The van der Waals surface area contributed by atoms with Crippen LogP contribution >= 0.6 is 11.6 Å². The minimum absolute atomic E-state index is 0.263. The zero-order valence-corrected chi connectivity index (χ0v) is 11.6. The maximum absolute atomic E-state index is 11.8. The molecule has 20 heavy (non-hydrogen) atoms. The van der Waals surface area contributed by atoms with Crippen LogP contribution in [0.2, 0.25) is 5.02 Å². The SMILES string of the molecule is COc1ccc(NC(=O)C=Cc2cccnc2)c(Cl)c1. The molecule has 0 atom stereocenters. The Morgan fingerprint density at radius 3 is 2.90 bits per heavy atom. The van der Waals surface area contributed by atoms with Gasteiger partial charge in [-0.1, -0.05) is 17.7 Å². The topological polar surface area (TPSA) is 51.2 Å². The first kappa shape index (κ1) is 14.1. The number of carbonyl (C=O) groups is 1. The third kappa shape index (κ3) is 3.83. The van der Waals surface area contributed by atoms with Crippen LogP contribution in [-0.4, -0.2) is 18.0 Å². The maximum Gasteiger partial charge on any atom is 0.248 e. The van der Waals surface area contributed by atoms with Crippen molar-refractivity contribution in [2.45, 2.75) is 0 Å². The second-order valence-electron chi connectivity index (χ2n) is 3.95. The summed E-state index contributed by atoms with van der Waals surface area (Å²) in [5, 5.41) is 3.12. The van der Waals surface area contributed by atoms with Gasteiger partial charge in [0.15, 0.2) is 0 Å². The second kappa shape index (κ2) is 6.73. The van der Waals surface area contributed by atoms with Gasteiger partial charge in [0.1, 0.15) is 5.75 Å². The van der Waals surface area contributed by atoms with Gasteiger partial charge in [-0.3, -0.25) is 9.78 Å². The van der Waals surface area contributed by atoms with E-state index in [0.29, 0.717) is 16.5 Å². The monoisotopic (exact) mass is 288 g/mol. The van der Waals surface area contributed by atoms with Gasteiger partial charge in [-0.05, 0) is 29.8 Å². The van der Waals surface area contributed by atoms with Gasteiger partial charge in [-0.25, -0.2) is 0 Å². The van der Waals surface area contributed by atoms with E-state index in [9.17, 15) is 4.79 Å². The lowest BCUT2D eigenvalue weighted by molar-refractivity contribution is -0.111. The number of hydrogen-bond donors (Lipinski definition) is 1. The van der Waals surface area contributed by atoms with Gasteiger partial charge in [0.25, 0.3) is 0 Å². The first-order chi connectivity index (χ1) is 9.69. The highest BCUT2D eigenvalue weighted by Crippen LogP contribution is 2.26. The standard InChI is InChI=1S/C15H13ClN2O2/c1-20-12-5-6-14(13(16)9-12)18-15(19)7-4-11-3-2-8-17-10-11/h2-10H,1H3,(H,18,19). The van der Waals surface area contributed by atoms with Crippen molar-refractivity contribution in [2.24, 2.45) is 0 Å². The summed E-state index contributed by atoms with van der Waals surface area (Å²) in [7, 11) is 1.56. The summed E-state index contributed by atoms with van der Waals surface area (Å²) in [5.74, 6) is 0.375. The van der Waals surface area contributed by atoms with E-state index >= 15 is 0 Å². The minimum Gasteiger partial charge on any atom is -0.497 e. The molecule has 0 saturated carbocycles. The molecule has 0 bridgehead atoms. The summed E-state index contributed by atoms with van der Waals surface area (Å²) in [6.07, 6.45) is 6.45. The van der Waals surface area contributed by atoms with E-state index in [2.05, 4.69) is 10.3 Å². The Morgan fingerprint density at radius 1 is 1.40 bits per heavy atom. The second-order valence-corrected chi connectivity index (χ2v) is 4.36. The quantitative estimate of drug-likeness (QED) is 0.877. The van der Waals surface area contributed by atoms with E-state index in [0.717, 1.165) is 5.56 Å². The summed E-state index contributed by atoms with van der Waals surface area (Å²) >= 11 is 6.04. The first-order valence-corrected chi connectivity index (χ1v) is 6.29. The van der Waals surface area contributed by atoms with Gasteiger partial charge in [0, 0.05) is 24.5 Å². The summed E-state index contributed by atoms with van der Waals surface area (Å²) < 4.78 is 5.04. The van der Waals surface area contributed by atoms with Crippen molar-refractivity contribution < 1.29 is 9.53 Å². The molecule has 0 spiro atoms. The van der Waals surface area contributed by atoms with Crippen molar-refractivity contribution in [2.75, 3.05) is 12.4 Å². The van der Waals surface area contributed by atoms with Crippen molar-refractivity contribution in [3.63, 3.8) is 0 Å². The molecule has 2 aromatic rings. The van der Waals surface area contributed by atoms with Crippen molar-refractivity contribution in [1.29, 1.82) is 0 Å². The van der Waals surface area contributed by atoms with Gasteiger partial charge < -0.3 is 10.1 Å². The smallest absolute Gasteiger partial charge is 0.248 e. The molecule has 5 heteroatoms. The molecule has 0 aliphatic carbocycles. The lowest BCUT2D eigenvalue weighted by Crippen LogP contribution is -2.08. The number of ether oxygens (including phenoxy) is 1. The molecule has 0 saturated heterocycles. The Balaban J connectivity index is 2.03. The number of anilines is 1. The van der Waals surface area contributed by atoms with E-state index in [1.54, 1.807) is 49.8 Å². The molecule has 0 unspecified atom stereocenters. The van der Waals surface area contributed by atoms with Crippen molar-refractivity contribution in [3.8, 4) is 5.75 Å². The predicted octanol–water partition coefficient (Wildman–Crippen LogP) is 3.40. The van der Waals surface area contributed by atoms with Crippen molar-refractivity contribution in [1.82, 2.24) is 4.98 Å². The highest BCUT2D eigenvalue weighted by Gasteiger charge is 2.04. The number of hydrogen-bond acceptors (Lipinski definition) is 3. The van der Waals surface area contributed by atoms with E-state index in [1.165, 1.54) is 6.08 Å². The van der Waals surface area contributed by atoms with Crippen molar-refractivity contribution >= 4 is 29.3 Å². The highest BCUT2D eigenvalue weighted by atomic mass is 35.5. The molecule has 1 N–H and O–H groups in total. The Morgan fingerprint density at radius 2 is 2.25 bits per heavy atom. The number of methoxy groups -OCH3 is 1. The van der Waals surface area contributed by atoms with E-state index in [4.69, 9.17) is 16.3 Å². The highest BCUT2D eigenvalue weighted by molar-refractivity contribution is 6.34. The molecule has 0 aliphatic heterocycles. The molecule has 1 aromatic heterocycles. The Kier molecular flexibility index (Phi) is 4.74. The van der Waals surface area contributed by atoms with Gasteiger partial charge in [-0.2, -0.15) is 0 Å². The fourth-order valence-corrected chi connectivity index (χ4v) is 1.76. The van der Waals surface area contributed by atoms with Gasteiger partial charge in [0.2, 0.25) is 5.91 Å². The normalized spacial score (nSPS) is 10.5. The molecular formula is C15H13ClN2O2. The first-order valence-electron chi connectivity index (χ1n) is 5.91. The van der Waals surface area contributed by atoms with Crippen LogP contribution in [0.15, 0.2) is 48.8 Å². The van der Waals surface area contributed by atoms with Crippen LogP contribution in [0.3, 0.4) is 0 Å². The van der Waals surface area contributed by atoms with Crippen molar-refractivity contribution in [3.05, 3.63) is 59.4 Å². The maximum atomic E-state index is 11.8. The largest absolute Gasteiger partial charge is 0.497 e. The summed E-state index contributed by atoms with van der Waals surface area (Å²) in [5.41, 5.74) is 1.39. The molecular weight excluding hydrogens is 276 g/mol. The molecule has 2 rings (SSSR count). The number of pyridine rings is 1. The summed E-state index contributed by atoms with van der Waals surface area (Å²) in [6.45, 7) is 0. The average molecular weight is 289 g/mol. The van der Waals surface area contributed by atoms with Crippen LogP contribution in [-0.2, 0) is 4.79 Å². The number of nitrogens with one attached hydrogen (secondary N) is 1. The Bertz CT molecular complexity index is 627. The summed E-state index contributed by atoms with van der Waals surface area (Å²) in [6, 6.07) is 8.72. The van der Waals surface area contributed by atoms with E-state index in [1.807, 2.05) is 6.07 Å². The average Bonchev–Trinajstić information content (AvgIpc) is 2.48. The molecule has 1 aromatic carbocycles. The van der Waals surface area contributed by atoms with Gasteiger partial charge in [-0.15, -0.1) is 0 Å². The molecule has 4 nitrogen and oxygen atoms in total. The zero-order chi connectivity index (χ0) is 14.4. The number of amides is 1. The molecule has 0 aliphatic rings. The molecule has 0 radical (unpaired) electrons. The number of carbonyl (C=O) groups excluding carboxylic acids is 1. The number of halogens is 1. The molecule has 0 fully saturated rings. The molecule has 102 valence electrons. The van der Waals surface area contributed by atoms with Crippen LogP contribution in [0, 0.1) is 0 Å². The van der Waals surface area contributed by atoms with Crippen LogP contribution in [0.25, 0.3) is 6.08 Å². The predicted molar refractivity (Wildman–Crippen MR) is 79.9 cm³/mol. The van der Waals surface area contributed by atoms with E-state index in [-0.39, 0.29) is 5.91 Å². The van der Waals surface area contributed by atoms with Gasteiger partial charge >= 0.3 is 0 Å².